The fourth-order valence-electron chi connectivity index (χ4n) is 4.84. The molecule has 2 unspecified atom stereocenters. The van der Waals surface area contributed by atoms with Crippen molar-refractivity contribution in [2.45, 2.75) is 79.3 Å². The van der Waals surface area contributed by atoms with Crippen molar-refractivity contribution in [1.29, 1.82) is 0 Å². The van der Waals surface area contributed by atoms with Crippen LogP contribution >= 0.6 is 0 Å². The van der Waals surface area contributed by atoms with Crippen LogP contribution in [-0.4, -0.2) is 9.52 Å². The van der Waals surface area contributed by atoms with Crippen LogP contribution < -0.4 is 24.8 Å². The predicted molar refractivity (Wildman–Crippen MR) is 155 cm³/mol. The van der Waals surface area contributed by atoms with Crippen molar-refractivity contribution < 1.29 is 51.0 Å². The van der Waals surface area contributed by atoms with Crippen LogP contribution in [0, 0.1) is 24.0 Å². The first-order chi connectivity index (χ1) is 16.9. The Morgan fingerprint density at radius 1 is 0.711 bits per heavy atom. The summed E-state index contributed by atoms with van der Waals surface area (Å²) in [6, 6.07) is 20.7. The summed E-state index contributed by atoms with van der Waals surface area (Å²) in [5, 5.41) is 0. The fraction of sp³-hybridized carbons (Fsp3) is 0.412. The Morgan fingerprint density at radius 3 is 1.37 bits per heavy atom. The second-order valence-corrected chi connectivity index (χ2v) is 11.3. The van der Waals surface area contributed by atoms with Gasteiger partial charge in [-0.15, -0.1) is 11.1 Å². The summed E-state index contributed by atoms with van der Waals surface area (Å²) in [7, 11) is 1.31. The molecule has 2 radical (unpaired) electrons. The van der Waals surface area contributed by atoms with Crippen molar-refractivity contribution in [2.75, 3.05) is 0 Å². The smallest absolute Gasteiger partial charge is 1.00 e. The van der Waals surface area contributed by atoms with E-state index in [0.717, 1.165) is 12.8 Å². The number of hydrogen-bond acceptors (Lipinski definition) is 0. The fourth-order valence-corrected chi connectivity index (χ4v) is 6.09. The minimum atomic E-state index is 0. The Morgan fingerprint density at radius 2 is 1.11 bits per heavy atom. The molecule has 200 valence electrons. The molecule has 1 heterocycles. The molecule has 1 aliphatic heterocycles. The van der Waals surface area contributed by atoms with Crippen molar-refractivity contribution in [3.8, 4) is 0 Å². The van der Waals surface area contributed by atoms with Gasteiger partial charge in [0.25, 0.3) is 0 Å². The molecule has 2 aromatic rings. The average Bonchev–Trinajstić information content (AvgIpc) is 3.62. The Kier molecular flexibility index (Phi) is 18.7. The number of rotatable bonds is 4. The number of halogens is 2. The normalized spacial score (nSPS) is 19.0. The van der Waals surface area contributed by atoms with Gasteiger partial charge in [-0.1, -0.05) is 127 Å². The van der Waals surface area contributed by atoms with Crippen molar-refractivity contribution in [3.05, 3.63) is 106 Å². The average molecular weight is 641 g/mol. The third kappa shape index (κ3) is 11.3. The Bertz CT molecular complexity index is 1020. The van der Waals surface area contributed by atoms with E-state index in [2.05, 4.69) is 114 Å². The van der Waals surface area contributed by atoms with E-state index in [0.29, 0.717) is 11.8 Å². The number of benzene rings is 2. The maximum atomic E-state index is 3.43. The summed E-state index contributed by atoms with van der Waals surface area (Å²) in [5.41, 5.74) is 10.8. The molecule has 0 spiro atoms. The molecule has 0 aromatic heterocycles. The molecule has 0 nitrogen and oxygen atoms in total. The van der Waals surface area contributed by atoms with E-state index in [1.54, 1.807) is 0 Å². The van der Waals surface area contributed by atoms with Crippen molar-refractivity contribution in [1.82, 2.24) is 0 Å². The third-order valence-electron chi connectivity index (χ3n) is 6.78. The van der Waals surface area contributed by atoms with Crippen LogP contribution in [0.2, 0.25) is 12.1 Å². The van der Waals surface area contributed by atoms with Crippen LogP contribution in [0.15, 0.2) is 71.8 Å². The van der Waals surface area contributed by atoms with Crippen LogP contribution in [0.4, 0.5) is 0 Å². The van der Waals surface area contributed by atoms with Crippen LogP contribution in [0.25, 0.3) is 11.1 Å². The number of aryl methyl sites for hydroxylation is 2. The largest absolute Gasteiger partial charge is 4.00 e. The minimum absolute atomic E-state index is 0. The van der Waals surface area contributed by atoms with Gasteiger partial charge in [0.15, 0.2) is 0 Å². The molecule has 38 heavy (non-hydrogen) atoms. The summed E-state index contributed by atoms with van der Waals surface area (Å²) < 4.78 is 0. The second kappa shape index (κ2) is 19.2. The quantitative estimate of drug-likeness (QED) is 0.355. The molecule has 2 atom stereocenters. The van der Waals surface area contributed by atoms with Gasteiger partial charge in [0.05, 0.1) is 0 Å². The zero-order valence-electron chi connectivity index (χ0n) is 23.9. The molecule has 1 saturated heterocycles. The van der Waals surface area contributed by atoms with Crippen LogP contribution in [-0.2, 0) is 39.0 Å². The van der Waals surface area contributed by atoms with E-state index in [1.807, 2.05) is 0 Å². The van der Waals surface area contributed by atoms with E-state index in [1.165, 1.54) is 79.0 Å². The van der Waals surface area contributed by atoms with Gasteiger partial charge in [0.2, 0.25) is 0 Å². The molecule has 3 aliphatic rings. The molecule has 2 aliphatic carbocycles. The summed E-state index contributed by atoms with van der Waals surface area (Å²) >= 11 is 0. The van der Waals surface area contributed by atoms with Crippen LogP contribution in [0.1, 0.15) is 76.6 Å². The van der Waals surface area contributed by atoms with Gasteiger partial charge >= 0.3 is 26.2 Å². The molecule has 4 heteroatoms. The maximum absolute atomic E-state index is 3.43. The van der Waals surface area contributed by atoms with Crippen LogP contribution in [0.5, 0.6) is 0 Å². The van der Waals surface area contributed by atoms with Gasteiger partial charge in [0, 0.05) is 9.52 Å². The van der Waals surface area contributed by atoms with Gasteiger partial charge in [0.1, 0.15) is 0 Å². The first kappa shape index (κ1) is 37.1. The number of allylic oxidation sites excluding steroid dienone is 8. The SMILES string of the molecule is C1CC[Si]C1.CCc1cccc(C2=CC(C)[C-]=C2C)c1.CCc1cccc(C2=CC(C)[C-]=C2C)c1.[Cl-].[Cl-].[Zr+4]. The first-order valence-electron chi connectivity index (χ1n) is 13.4. The third-order valence-corrected chi connectivity index (χ3v) is 8.19. The summed E-state index contributed by atoms with van der Waals surface area (Å²) in [4.78, 5) is 0. The van der Waals surface area contributed by atoms with E-state index in [-0.39, 0.29) is 51.0 Å². The predicted octanol–water partition coefficient (Wildman–Crippen LogP) is 3.39. The Labute approximate surface area is 267 Å². The minimum Gasteiger partial charge on any atom is -1.00 e. The summed E-state index contributed by atoms with van der Waals surface area (Å²) in [6.07, 6.45) is 16.7. The second-order valence-electron chi connectivity index (χ2n) is 9.84. The molecular formula is C34H42Cl2SiZr. The molecular weight excluding hydrogens is 599 g/mol. The Balaban J connectivity index is 0.000000571. The topological polar surface area (TPSA) is 0 Å². The molecule has 5 rings (SSSR count). The molecule has 0 bridgehead atoms. The molecule has 1 fully saturated rings. The van der Waals surface area contributed by atoms with E-state index < -0.39 is 0 Å². The summed E-state index contributed by atoms with van der Waals surface area (Å²) in [6.45, 7) is 13.0. The first-order valence-corrected chi connectivity index (χ1v) is 14.9. The zero-order valence-corrected chi connectivity index (χ0v) is 28.9. The standard InChI is InChI=1S/2C15H17.C4H8Si.2ClH.Zr/c2*1-4-13-6-5-7-14(10-13)15-9-11(2)8-12(15)3;1-2-4-5-3-1;;;/h2*5-7,9-11H,4H2,1-3H3;1-4H2;2*1H;/q2*-1;;;;+4/p-2. The maximum Gasteiger partial charge on any atom is 4.00 e. The van der Waals surface area contributed by atoms with Gasteiger partial charge in [-0.3, -0.25) is 12.2 Å². The monoisotopic (exact) mass is 638 g/mol. The van der Waals surface area contributed by atoms with E-state index in [9.17, 15) is 0 Å². The van der Waals surface area contributed by atoms with E-state index in [4.69, 9.17) is 0 Å². The molecule has 0 saturated carbocycles. The zero-order chi connectivity index (χ0) is 25.2. The van der Waals surface area contributed by atoms with E-state index >= 15 is 0 Å². The van der Waals surface area contributed by atoms with Gasteiger partial charge in [-0.25, -0.2) is 11.1 Å². The molecule has 0 N–H and O–H groups in total. The van der Waals surface area contributed by atoms with Crippen molar-refractivity contribution >= 4 is 20.7 Å². The van der Waals surface area contributed by atoms with Crippen molar-refractivity contribution in [3.63, 3.8) is 0 Å². The van der Waals surface area contributed by atoms with Gasteiger partial charge in [-0.05, 0) is 24.0 Å². The van der Waals surface area contributed by atoms with Gasteiger partial charge in [-0.2, -0.15) is 23.3 Å². The van der Waals surface area contributed by atoms with Gasteiger partial charge < -0.3 is 24.8 Å². The molecule has 2 aromatic carbocycles. The molecule has 0 amide bonds. The van der Waals surface area contributed by atoms with Crippen molar-refractivity contribution in [2.24, 2.45) is 11.8 Å². The number of hydrogen-bond donors (Lipinski definition) is 0. The summed E-state index contributed by atoms with van der Waals surface area (Å²) in [5.74, 6) is 0.926. The van der Waals surface area contributed by atoms with Crippen LogP contribution in [0.3, 0.4) is 0 Å². The Hall–Kier alpha value is -0.920.